The van der Waals surface area contributed by atoms with Crippen molar-refractivity contribution in [2.45, 2.75) is 6.42 Å². The van der Waals surface area contributed by atoms with E-state index in [2.05, 4.69) is 21.2 Å². The Balaban J connectivity index is 1.72. The Morgan fingerprint density at radius 1 is 1.17 bits per heavy atom. The van der Waals surface area contributed by atoms with Gasteiger partial charge in [-0.2, -0.15) is 0 Å². The summed E-state index contributed by atoms with van der Waals surface area (Å²) in [5.41, 5.74) is 1.22. The van der Waals surface area contributed by atoms with Crippen LogP contribution < -0.4 is 10.2 Å². The van der Waals surface area contributed by atoms with E-state index in [1.807, 2.05) is 6.07 Å². The molecule has 2 aromatic rings. The quantitative estimate of drug-likeness (QED) is 0.768. The van der Waals surface area contributed by atoms with Gasteiger partial charge in [-0.15, -0.1) is 0 Å². The summed E-state index contributed by atoms with van der Waals surface area (Å²) in [5.74, 6) is -0.760. The molecular weight excluding hydrogens is 415 g/mol. The largest absolute Gasteiger partial charge is 0.326 e. The van der Waals surface area contributed by atoms with Gasteiger partial charge in [-0.25, -0.2) is 0 Å². The molecule has 1 heterocycles. The van der Waals surface area contributed by atoms with Crippen LogP contribution in [0.25, 0.3) is 0 Å². The van der Waals surface area contributed by atoms with E-state index < -0.39 is 5.92 Å². The normalized spacial score (nSPS) is 17.2. The maximum atomic E-state index is 12.4. The molecule has 2 amide bonds. The molecule has 0 aliphatic carbocycles. The Hall–Kier alpha value is -1.56. The molecule has 1 fully saturated rings. The summed E-state index contributed by atoms with van der Waals surface area (Å²) in [6.45, 7) is 0.304. The van der Waals surface area contributed by atoms with Crippen LogP contribution in [-0.2, 0) is 9.59 Å². The minimum absolute atomic E-state index is 0.114. The van der Waals surface area contributed by atoms with Gasteiger partial charge in [-0.3, -0.25) is 9.59 Å². The van der Waals surface area contributed by atoms with Crippen LogP contribution in [0, 0.1) is 5.92 Å². The first-order valence-corrected chi connectivity index (χ1v) is 8.81. The van der Waals surface area contributed by atoms with E-state index >= 15 is 0 Å². The van der Waals surface area contributed by atoms with Crippen molar-refractivity contribution in [1.29, 1.82) is 0 Å². The summed E-state index contributed by atoms with van der Waals surface area (Å²) >= 11 is 15.5. The first-order chi connectivity index (χ1) is 11.5. The SMILES string of the molecule is O=C(Nc1ccc(Br)c(Cl)c1)[C@@H]1CC(=O)N(c2ccccc2Cl)C1. The van der Waals surface area contributed by atoms with Gasteiger partial charge in [0.2, 0.25) is 11.8 Å². The molecule has 24 heavy (non-hydrogen) atoms. The highest BCUT2D eigenvalue weighted by Crippen LogP contribution is 2.32. The van der Waals surface area contributed by atoms with Gasteiger partial charge in [0.25, 0.3) is 0 Å². The van der Waals surface area contributed by atoms with Gasteiger partial charge in [0, 0.05) is 23.1 Å². The minimum Gasteiger partial charge on any atom is -0.326 e. The molecule has 0 bridgehead atoms. The molecule has 0 saturated carbocycles. The van der Waals surface area contributed by atoms with Gasteiger partial charge in [-0.1, -0.05) is 35.3 Å². The number of carbonyl (C=O) groups is 2. The van der Waals surface area contributed by atoms with Gasteiger partial charge in [0.05, 0.1) is 21.7 Å². The fourth-order valence-corrected chi connectivity index (χ4v) is 3.27. The van der Waals surface area contributed by atoms with Crippen molar-refractivity contribution in [3.63, 3.8) is 0 Å². The number of halogens is 3. The fraction of sp³-hybridized carbons (Fsp3) is 0.176. The number of rotatable bonds is 3. The van der Waals surface area contributed by atoms with Crippen molar-refractivity contribution in [2.24, 2.45) is 5.92 Å². The van der Waals surface area contributed by atoms with Crippen LogP contribution in [0.4, 0.5) is 11.4 Å². The number of amides is 2. The number of anilines is 2. The average molecular weight is 428 g/mol. The van der Waals surface area contributed by atoms with Crippen molar-refractivity contribution >= 4 is 62.3 Å². The number of carbonyl (C=O) groups excluding carboxylic acids is 2. The predicted molar refractivity (Wildman–Crippen MR) is 99.7 cm³/mol. The molecule has 0 spiro atoms. The zero-order valence-electron chi connectivity index (χ0n) is 12.4. The van der Waals surface area contributed by atoms with Crippen molar-refractivity contribution in [3.8, 4) is 0 Å². The lowest BCUT2D eigenvalue weighted by atomic mass is 10.1. The topological polar surface area (TPSA) is 49.4 Å². The van der Waals surface area contributed by atoms with Crippen LogP contribution in [0.15, 0.2) is 46.9 Å². The molecule has 1 atom stereocenters. The van der Waals surface area contributed by atoms with E-state index in [1.54, 1.807) is 41.3 Å². The van der Waals surface area contributed by atoms with Crippen LogP contribution in [0.2, 0.25) is 10.0 Å². The monoisotopic (exact) mass is 426 g/mol. The van der Waals surface area contributed by atoms with Gasteiger partial charge in [0.1, 0.15) is 0 Å². The minimum atomic E-state index is -0.434. The smallest absolute Gasteiger partial charge is 0.229 e. The number of hydrogen-bond donors (Lipinski definition) is 1. The number of para-hydroxylation sites is 1. The molecule has 124 valence electrons. The molecule has 0 aromatic heterocycles. The molecular formula is C17H13BrCl2N2O2. The number of hydrogen-bond acceptors (Lipinski definition) is 2. The zero-order chi connectivity index (χ0) is 17.3. The van der Waals surface area contributed by atoms with Crippen molar-refractivity contribution in [3.05, 3.63) is 57.0 Å². The maximum Gasteiger partial charge on any atom is 0.229 e. The lowest BCUT2D eigenvalue weighted by Crippen LogP contribution is -2.28. The standard InChI is InChI=1S/C17H13BrCl2N2O2/c18-12-6-5-11(8-14(12)20)21-17(24)10-7-16(23)22(9-10)15-4-2-1-3-13(15)19/h1-6,8,10H,7,9H2,(H,21,24)/t10-/m1/s1. The first-order valence-electron chi connectivity index (χ1n) is 7.26. The lowest BCUT2D eigenvalue weighted by molar-refractivity contribution is -0.122. The molecule has 0 unspecified atom stereocenters. The maximum absolute atomic E-state index is 12.4. The third-order valence-electron chi connectivity index (χ3n) is 3.83. The molecule has 2 aromatic carbocycles. The van der Waals surface area contributed by atoms with E-state index in [4.69, 9.17) is 23.2 Å². The van der Waals surface area contributed by atoms with Crippen LogP contribution in [0.5, 0.6) is 0 Å². The highest BCUT2D eigenvalue weighted by Gasteiger charge is 2.35. The van der Waals surface area contributed by atoms with Crippen LogP contribution >= 0.6 is 39.1 Å². The number of nitrogens with zero attached hydrogens (tertiary/aromatic N) is 1. The Bertz CT molecular complexity index is 813. The van der Waals surface area contributed by atoms with Crippen LogP contribution in [0.3, 0.4) is 0 Å². The molecule has 1 aliphatic rings. The predicted octanol–water partition coefficient (Wildman–Crippen LogP) is 4.75. The van der Waals surface area contributed by atoms with E-state index in [9.17, 15) is 9.59 Å². The summed E-state index contributed by atoms with van der Waals surface area (Å²) in [7, 11) is 0. The highest BCUT2D eigenvalue weighted by atomic mass is 79.9. The van der Waals surface area contributed by atoms with Gasteiger partial charge in [0.15, 0.2) is 0 Å². The molecule has 3 rings (SSSR count). The van der Waals surface area contributed by atoms with E-state index in [0.717, 1.165) is 4.47 Å². The molecule has 1 aliphatic heterocycles. The summed E-state index contributed by atoms with van der Waals surface area (Å²) in [4.78, 5) is 26.3. The van der Waals surface area contributed by atoms with Gasteiger partial charge >= 0.3 is 0 Å². The second-order valence-electron chi connectivity index (χ2n) is 5.47. The molecule has 7 heteroatoms. The van der Waals surface area contributed by atoms with E-state index in [0.29, 0.717) is 28.0 Å². The van der Waals surface area contributed by atoms with Gasteiger partial charge < -0.3 is 10.2 Å². The second kappa shape index (κ2) is 7.13. The highest BCUT2D eigenvalue weighted by molar-refractivity contribution is 9.10. The summed E-state index contributed by atoms with van der Waals surface area (Å²) in [6.07, 6.45) is 0.154. The Labute approximate surface area is 157 Å². The Kier molecular flexibility index (Phi) is 5.13. The van der Waals surface area contributed by atoms with E-state index in [-0.39, 0.29) is 18.2 Å². The van der Waals surface area contributed by atoms with E-state index in [1.165, 1.54) is 0 Å². The fourth-order valence-electron chi connectivity index (χ4n) is 2.60. The van der Waals surface area contributed by atoms with Crippen LogP contribution in [0.1, 0.15) is 6.42 Å². The molecule has 1 saturated heterocycles. The molecule has 4 nitrogen and oxygen atoms in total. The van der Waals surface area contributed by atoms with Crippen LogP contribution in [-0.4, -0.2) is 18.4 Å². The third-order valence-corrected chi connectivity index (χ3v) is 5.38. The second-order valence-corrected chi connectivity index (χ2v) is 7.14. The Morgan fingerprint density at radius 2 is 1.92 bits per heavy atom. The Morgan fingerprint density at radius 3 is 2.62 bits per heavy atom. The van der Waals surface area contributed by atoms with Gasteiger partial charge in [-0.05, 0) is 46.3 Å². The average Bonchev–Trinajstić information content (AvgIpc) is 2.93. The summed E-state index contributed by atoms with van der Waals surface area (Å²) in [6, 6.07) is 12.3. The number of nitrogens with one attached hydrogen (secondary N) is 1. The molecule has 1 N–H and O–H groups in total. The lowest BCUT2D eigenvalue weighted by Gasteiger charge is -2.18. The zero-order valence-corrected chi connectivity index (χ0v) is 15.5. The summed E-state index contributed by atoms with van der Waals surface area (Å²) < 4.78 is 0.753. The first kappa shape index (κ1) is 17.3. The van der Waals surface area contributed by atoms with Crippen molar-refractivity contribution < 1.29 is 9.59 Å². The van der Waals surface area contributed by atoms with Crippen molar-refractivity contribution in [2.75, 3.05) is 16.8 Å². The third kappa shape index (κ3) is 3.58. The number of benzene rings is 2. The molecule has 0 radical (unpaired) electrons. The van der Waals surface area contributed by atoms with Crippen molar-refractivity contribution in [1.82, 2.24) is 0 Å². The summed E-state index contributed by atoms with van der Waals surface area (Å²) in [5, 5.41) is 3.80.